The minimum Gasteiger partial charge on any atom is -0.322 e. The zero-order chi connectivity index (χ0) is 14.7. The maximum absolute atomic E-state index is 12.3. The van der Waals surface area contributed by atoms with Gasteiger partial charge in [-0.25, -0.2) is 9.67 Å². The Morgan fingerprint density at radius 1 is 1.24 bits per heavy atom. The van der Waals surface area contributed by atoms with Gasteiger partial charge in [0.2, 0.25) is 5.91 Å². The van der Waals surface area contributed by atoms with Gasteiger partial charge < -0.3 is 5.32 Å². The number of para-hydroxylation sites is 2. The maximum atomic E-state index is 12.3. The van der Waals surface area contributed by atoms with E-state index < -0.39 is 6.04 Å². The standard InChI is InChI=1S/C14H14N6O/c1-11(19-8-4-7-16-19)14(21)18-12-5-2-3-6-13(12)20-10-15-9-17-20/h2-11H,1H3,(H,18,21). The number of nitrogens with one attached hydrogen (secondary N) is 1. The second-order valence-corrected chi connectivity index (χ2v) is 4.51. The van der Waals surface area contributed by atoms with E-state index >= 15 is 0 Å². The van der Waals surface area contributed by atoms with E-state index in [2.05, 4.69) is 20.5 Å². The highest BCUT2D eigenvalue weighted by atomic mass is 16.2. The first kappa shape index (κ1) is 13.0. The van der Waals surface area contributed by atoms with Crippen LogP contribution in [0.4, 0.5) is 5.69 Å². The molecule has 3 aromatic rings. The van der Waals surface area contributed by atoms with Gasteiger partial charge in [0.15, 0.2) is 0 Å². The van der Waals surface area contributed by atoms with Crippen LogP contribution in [0.25, 0.3) is 5.69 Å². The van der Waals surface area contributed by atoms with Gasteiger partial charge in [0, 0.05) is 12.4 Å². The first-order valence-electron chi connectivity index (χ1n) is 6.50. The molecule has 106 valence electrons. The number of rotatable bonds is 4. The molecule has 3 rings (SSSR count). The lowest BCUT2D eigenvalue weighted by Crippen LogP contribution is -2.24. The molecule has 0 aliphatic rings. The zero-order valence-corrected chi connectivity index (χ0v) is 11.4. The molecular formula is C14H14N6O. The van der Waals surface area contributed by atoms with Crippen LogP contribution in [0.5, 0.6) is 0 Å². The number of hydrogen-bond acceptors (Lipinski definition) is 4. The second kappa shape index (κ2) is 5.58. The summed E-state index contributed by atoms with van der Waals surface area (Å²) in [6, 6.07) is 8.81. The molecule has 0 aliphatic carbocycles. The molecule has 0 saturated heterocycles. The highest BCUT2D eigenvalue weighted by Crippen LogP contribution is 2.20. The topological polar surface area (TPSA) is 77.6 Å². The molecule has 0 fully saturated rings. The molecule has 0 spiro atoms. The fourth-order valence-corrected chi connectivity index (χ4v) is 1.98. The van der Waals surface area contributed by atoms with Gasteiger partial charge in [-0.15, -0.1) is 0 Å². The van der Waals surface area contributed by atoms with Gasteiger partial charge in [0.1, 0.15) is 18.7 Å². The Morgan fingerprint density at radius 2 is 2.10 bits per heavy atom. The summed E-state index contributed by atoms with van der Waals surface area (Å²) >= 11 is 0. The van der Waals surface area contributed by atoms with E-state index in [0.717, 1.165) is 5.69 Å². The van der Waals surface area contributed by atoms with Crippen molar-refractivity contribution < 1.29 is 4.79 Å². The molecule has 21 heavy (non-hydrogen) atoms. The second-order valence-electron chi connectivity index (χ2n) is 4.51. The van der Waals surface area contributed by atoms with Crippen LogP contribution in [-0.4, -0.2) is 30.5 Å². The molecule has 0 bridgehead atoms. The quantitative estimate of drug-likeness (QED) is 0.789. The van der Waals surface area contributed by atoms with Gasteiger partial charge in [0.25, 0.3) is 0 Å². The molecule has 0 radical (unpaired) electrons. The molecule has 1 atom stereocenters. The van der Waals surface area contributed by atoms with Crippen LogP contribution < -0.4 is 5.32 Å². The van der Waals surface area contributed by atoms with Crippen molar-refractivity contribution in [2.75, 3.05) is 5.32 Å². The van der Waals surface area contributed by atoms with Gasteiger partial charge >= 0.3 is 0 Å². The number of aromatic nitrogens is 5. The van der Waals surface area contributed by atoms with Crippen molar-refractivity contribution in [1.29, 1.82) is 0 Å². The summed E-state index contributed by atoms with van der Waals surface area (Å²) in [5.74, 6) is -0.147. The number of nitrogens with zero attached hydrogens (tertiary/aromatic N) is 5. The fraction of sp³-hybridized carbons (Fsp3) is 0.143. The van der Waals surface area contributed by atoms with Crippen LogP contribution in [-0.2, 0) is 4.79 Å². The normalized spacial score (nSPS) is 12.0. The third-order valence-corrected chi connectivity index (χ3v) is 3.13. The molecule has 1 amide bonds. The summed E-state index contributed by atoms with van der Waals surface area (Å²) in [7, 11) is 0. The van der Waals surface area contributed by atoms with Crippen molar-refractivity contribution in [3.63, 3.8) is 0 Å². The molecule has 0 aliphatic heterocycles. The Morgan fingerprint density at radius 3 is 2.81 bits per heavy atom. The number of carbonyl (C=O) groups excluding carboxylic acids is 1. The smallest absolute Gasteiger partial charge is 0.249 e. The fourth-order valence-electron chi connectivity index (χ4n) is 1.98. The first-order valence-corrected chi connectivity index (χ1v) is 6.50. The van der Waals surface area contributed by atoms with Crippen molar-refractivity contribution in [2.24, 2.45) is 0 Å². The molecule has 7 heteroatoms. The number of benzene rings is 1. The summed E-state index contributed by atoms with van der Waals surface area (Å²) in [5, 5.41) is 11.1. The van der Waals surface area contributed by atoms with Gasteiger partial charge in [0.05, 0.1) is 11.4 Å². The molecular weight excluding hydrogens is 268 g/mol. The Hall–Kier alpha value is -2.96. The minimum absolute atomic E-state index is 0.147. The average Bonchev–Trinajstić information content (AvgIpc) is 3.20. The largest absolute Gasteiger partial charge is 0.322 e. The Labute approximate surface area is 121 Å². The molecule has 7 nitrogen and oxygen atoms in total. The van der Waals surface area contributed by atoms with Gasteiger partial charge in [-0.1, -0.05) is 12.1 Å². The van der Waals surface area contributed by atoms with Crippen molar-refractivity contribution in [3.05, 3.63) is 55.4 Å². The molecule has 1 aromatic carbocycles. The SMILES string of the molecule is CC(C(=O)Nc1ccccc1-n1cncn1)n1cccn1. The lowest BCUT2D eigenvalue weighted by molar-refractivity contribution is -0.119. The lowest BCUT2D eigenvalue weighted by Gasteiger charge is -2.15. The van der Waals surface area contributed by atoms with Crippen LogP contribution in [0, 0.1) is 0 Å². The van der Waals surface area contributed by atoms with Crippen molar-refractivity contribution in [2.45, 2.75) is 13.0 Å². The van der Waals surface area contributed by atoms with E-state index in [4.69, 9.17) is 0 Å². The van der Waals surface area contributed by atoms with Crippen LogP contribution in [0.15, 0.2) is 55.4 Å². The predicted octanol–water partition coefficient (Wildman–Crippen LogP) is 1.66. The van der Waals surface area contributed by atoms with E-state index in [1.165, 1.54) is 6.33 Å². The predicted molar refractivity (Wildman–Crippen MR) is 76.9 cm³/mol. The Kier molecular flexibility index (Phi) is 3.46. The minimum atomic E-state index is -0.399. The summed E-state index contributed by atoms with van der Waals surface area (Å²) < 4.78 is 3.21. The first-order chi connectivity index (χ1) is 10.3. The van der Waals surface area contributed by atoms with E-state index in [0.29, 0.717) is 5.69 Å². The monoisotopic (exact) mass is 282 g/mol. The van der Waals surface area contributed by atoms with Crippen molar-refractivity contribution in [1.82, 2.24) is 24.5 Å². The summed E-state index contributed by atoms with van der Waals surface area (Å²) in [5.41, 5.74) is 1.43. The molecule has 1 N–H and O–H groups in total. The Bertz CT molecular complexity index is 720. The summed E-state index contributed by atoms with van der Waals surface area (Å²) in [4.78, 5) is 16.2. The summed E-state index contributed by atoms with van der Waals surface area (Å²) in [6.45, 7) is 1.79. The number of anilines is 1. The van der Waals surface area contributed by atoms with Crippen LogP contribution in [0.2, 0.25) is 0 Å². The molecule has 2 aromatic heterocycles. The third-order valence-electron chi connectivity index (χ3n) is 3.13. The summed E-state index contributed by atoms with van der Waals surface area (Å²) in [6.07, 6.45) is 6.44. The van der Waals surface area contributed by atoms with Gasteiger partial charge in [-0.3, -0.25) is 9.48 Å². The van der Waals surface area contributed by atoms with Crippen molar-refractivity contribution in [3.8, 4) is 5.69 Å². The zero-order valence-electron chi connectivity index (χ0n) is 11.4. The molecule has 2 heterocycles. The lowest BCUT2D eigenvalue weighted by atomic mass is 10.2. The van der Waals surface area contributed by atoms with Crippen LogP contribution in [0.3, 0.4) is 0 Å². The third kappa shape index (κ3) is 2.66. The number of hydrogen-bond donors (Lipinski definition) is 1. The van der Waals surface area contributed by atoms with E-state index in [9.17, 15) is 4.79 Å². The maximum Gasteiger partial charge on any atom is 0.249 e. The highest BCUT2D eigenvalue weighted by molar-refractivity contribution is 5.95. The van der Waals surface area contributed by atoms with E-state index in [1.54, 1.807) is 41.1 Å². The van der Waals surface area contributed by atoms with Crippen molar-refractivity contribution >= 4 is 11.6 Å². The van der Waals surface area contributed by atoms with Crippen LogP contribution in [0.1, 0.15) is 13.0 Å². The highest BCUT2D eigenvalue weighted by Gasteiger charge is 2.16. The van der Waals surface area contributed by atoms with Gasteiger partial charge in [-0.2, -0.15) is 10.2 Å². The number of carbonyl (C=O) groups is 1. The molecule has 1 unspecified atom stereocenters. The average molecular weight is 282 g/mol. The molecule has 0 saturated carbocycles. The van der Waals surface area contributed by atoms with Gasteiger partial charge in [-0.05, 0) is 25.1 Å². The van der Waals surface area contributed by atoms with E-state index in [1.807, 2.05) is 24.3 Å². The van der Waals surface area contributed by atoms with Crippen LogP contribution >= 0.6 is 0 Å². The Balaban J connectivity index is 1.84. The number of amides is 1. The van der Waals surface area contributed by atoms with E-state index in [-0.39, 0.29) is 5.91 Å².